The molecule has 0 N–H and O–H groups in total. The van der Waals surface area contributed by atoms with Crippen LogP contribution in [0.25, 0.3) is 0 Å². The van der Waals surface area contributed by atoms with Crippen molar-refractivity contribution < 1.29 is 4.74 Å². The molecule has 1 aliphatic heterocycles. The van der Waals surface area contributed by atoms with Gasteiger partial charge in [-0.05, 0) is 37.3 Å². The fourth-order valence-electron chi connectivity index (χ4n) is 2.24. The molecule has 0 amide bonds. The van der Waals surface area contributed by atoms with Crippen molar-refractivity contribution in [2.45, 2.75) is 33.1 Å². The number of nitrogens with zero attached hydrogens (tertiary/aromatic N) is 4. The Labute approximate surface area is 113 Å². The molecule has 0 saturated carbocycles. The van der Waals surface area contributed by atoms with Gasteiger partial charge in [0.15, 0.2) is 0 Å². The Morgan fingerprint density at radius 3 is 2.89 bits per heavy atom. The minimum atomic E-state index is 0.196. The largest absolute Gasteiger partial charge is 0.464 e. The monoisotopic (exact) mass is 270 g/mol. The summed E-state index contributed by atoms with van der Waals surface area (Å²) in [5.74, 6) is 1.35. The number of piperidine rings is 1. The fraction of sp³-hybridized carbons (Fsp3) is 0.750. The lowest BCUT2D eigenvalue weighted by atomic mass is 9.96. The van der Waals surface area contributed by atoms with Gasteiger partial charge in [-0.2, -0.15) is 15.0 Å². The molecule has 6 heteroatoms. The van der Waals surface area contributed by atoms with Gasteiger partial charge in [0.05, 0.1) is 6.61 Å². The number of hydrogen-bond acceptors (Lipinski definition) is 5. The molecule has 100 valence electrons. The molecule has 1 aliphatic rings. The van der Waals surface area contributed by atoms with Gasteiger partial charge in [0.1, 0.15) is 0 Å². The number of hydrogen-bond donors (Lipinski definition) is 0. The fourth-order valence-corrected chi connectivity index (χ4v) is 2.38. The van der Waals surface area contributed by atoms with Crippen LogP contribution < -0.4 is 9.64 Å². The molecular formula is C12H19ClN4O. The summed E-state index contributed by atoms with van der Waals surface area (Å²) in [6.45, 7) is 6.60. The molecule has 2 rings (SSSR count). The van der Waals surface area contributed by atoms with Crippen LogP contribution in [0.5, 0.6) is 6.01 Å². The highest BCUT2D eigenvalue weighted by Crippen LogP contribution is 2.24. The van der Waals surface area contributed by atoms with E-state index in [4.69, 9.17) is 16.3 Å². The van der Waals surface area contributed by atoms with Gasteiger partial charge in [-0.15, -0.1) is 0 Å². The van der Waals surface area contributed by atoms with Crippen molar-refractivity contribution in [1.82, 2.24) is 15.0 Å². The molecule has 1 aromatic heterocycles. The Kier molecular flexibility index (Phi) is 4.58. The summed E-state index contributed by atoms with van der Waals surface area (Å²) >= 11 is 5.91. The Bertz CT molecular complexity index is 402. The zero-order valence-corrected chi connectivity index (χ0v) is 11.7. The van der Waals surface area contributed by atoms with E-state index in [-0.39, 0.29) is 5.28 Å². The highest BCUT2D eigenvalue weighted by atomic mass is 35.5. The molecule has 1 fully saturated rings. The number of ether oxygens (including phenoxy) is 1. The van der Waals surface area contributed by atoms with Crippen LogP contribution in [0.15, 0.2) is 0 Å². The first-order chi connectivity index (χ1) is 8.72. The molecule has 2 heterocycles. The lowest BCUT2D eigenvalue weighted by Crippen LogP contribution is -2.36. The van der Waals surface area contributed by atoms with Crippen molar-refractivity contribution in [2.24, 2.45) is 5.92 Å². The molecule has 0 radical (unpaired) electrons. The normalized spacial score (nSPS) is 19.9. The van der Waals surface area contributed by atoms with Crippen LogP contribution in [0.4, 0.5) is 5.95 Å². The molecular weight excluding hydrogens is 252 g/mol. The van der Waals surface area contributed by atoms with Gasteiger partial charge in [0, 0.05) is 13.1 Å². The molecule has 1 saturated heterocycles. The molecule has 0 aliphatic carbocycles. The van der Waals surface area contributed by atoms with Crippen LogP contribution in [0.1, 0.15) is 33.1 Å². The second kappa shape index (κ2) is 6.18. The zero-order chi connectivity index (χ0) is 13.0. The van der Waals surface area contributed by atoms with E-state index in [9.17, 15) is 0 Å². The average Bonchev–Trinajstić information content (AvgIpc) is 2.38. The van der Waals surface area contributed by atoms with Crippen molar-refractivity contribution in [3.8, 4) is 6.01 Å². The third-order valence-corrected chi connectivity index (χ3v) is 3.40. The van der Waals surface area contributed by atoms with Crippen LogP contribution >= 0.6 is 11.6 Å². The van der Waals surface area contributed by atoms with Crippen molar-refractivity contribution in [3.05, 3.63) is 5.28 Å². The highest BCUT2D eigenvalue weighted by molar-refractivity contribution is 6.28. The standard InChI is InChI=1S/C12H19ClN4O/c1-3-9-6-5-7-17(8-9)11-14-10(13)15-12(16-11)18-4-2/h9H,3-8H2,1-2H3. The molecule has 0 aromatic carbocycles. The summed E-state index contributed by atoms with van der Waals surface area (Å²) in [5.41, 5.74) is 0. The topological polar surface area (TPSA) is 51.1 Å². The summed E-state index contributed by atoms with van der Waals surface area (Å²) in [6.07, 6.45) is 3.64. The molecule has 1 unspecified atom stereocenters. The van der Waals surface area contributed by atoms with E-state index in [1.165, 1.54) is 19.3 Å². The van der Waals surface area contributed by atoms with Gasteiger partial charge in [-0.25, -0.2) is 0 Å². The maximum atomic E-state index is 5.91. The lowest BCUT2D eigenvalue weighted by Gasteiger charge is -2.32. The Morgan fingerprint density at radius 2 is 2.17 bits per heavy atom. The minimum Gasteiger partial charge on any atom is -0.464 e. The number of anilines is 1. The van der Waals surface area contributed by atoms with Crippen LogP contribution in [0, 0.1) is 5.92 Å². The summed E-state index contributed by atoms with van der Waals surface area (Å²) < 4.78 is 5.30. The van der Waals surface area contributed by atoms with Gasteiger partial charge in [0.25, 0.3) is 0 Å². The van der Waals surface area contributed by atoms with Gasteiger partial charge in [0.2, 0.25) is 11.2 Å². The van der Waals surface area contributed by atoms with Crippen molar-refractivity contribution in [3.63, 3.8) is 0 Å². The first-order valence-corrected chi connectivity index (χ1v) is 6.90. The predicted molar refractivity (Wildman–Crippen MR) is 71.2 cm³/mol. The first-order valence-electron chi connectivity index (χ1n) is 6.52. The van der Waals surface area contributed by atoms with Crippen LogP contribution in [0.3, 0.4) is 0 Å². The number of aromatic nitrogens is 3. The molecule has 1 aromatic rings. The maximum Gasteiger partial charge on any atom is 0.322 e. The van der Waals surface area contributed by atoms with Gasteiger partial charge >= 0.3 is 6.01 Å². The number of halogens is 1. The van der Waals surface area contributed by atoms with Gasteiger partial charge in [-0.3, -0.25) is 0 Å². The Balaban J connectivity index is 2.16. The minimum absolute atomic E-state index is 0.196. The maximum absolute atomic E-state index is 5.91. The van der Waals surface area contributed by atoms with E-state index in [0.29, 0.717) is 24.5 Å². The van der Waals surface area contributed by atoms with Gasteiger partial charge < -0.3 is 9.64 Å². The predicted octanol–water partition coefficient (Wildman–Crippen LogP) is 2.55. The van der Waals surface area contributed by atoms with Crippen LogP contribution in [-0.4, -0.2) is 34.6 Å². The average molecular weight is 271 g/mol. The summed E-state index contributed by atoms with van der Waals surface area (Å²) in [7, 11) is 0. The van der Waals surface area contributed by atoms with E-state index in [1.807, 2.05) is 6.92 Å². The molecule has 1 atom stereocenters. The van der Waals surface area contributed by atoms with E-state index in [0.717, 1.165) is 13.1 Å². The SMILES string of the molecule is CCOc1nc(Cl)nc(N2CCCC(CC)C2)n1. The van der Waals surface area contributed by atoms with Crippen molar-refractivity contribution in [2.75, 3.05) is 24.6 Å². The van der Waals surface area contributed by atoms with Crippen molar-refractivity contribution >= 4 is 17.5 Å². The molecule has 0 bridgehead atoms. The van der Waals surface area contributed by atoms with E-state index in [2.05, 4.69) is 26.8 Å². The lowest BCUT2D eigenvalue weighted by molar-refractivity contribution is 0.310. The second-order valence-electron chi connectivity index (χ2n) is 4.48. The quantitative estimate of drug-likeness (QED) is 0.842. The molecule has 5 nitrogen and oxygen atoms in total. The van der Waals surface area contributed by atoms with Crippen LogP contribution in [0.2, 0.25) is 5.28 Å². The summed E-state index contributed by atoms with van der Waals surface area (Å²) in [6, 6.07) is 0.311. The zero-order valence-electron chi connectivity index (χ0n) is 10.9. The Hall–Kier alpha value is -1.10. The smallest absolute Gasteiger partial charge is 0.322 e. The molecule has 0 spiro atoms. The van der Waals surface area contributed by atoms with E-state index in [1.54, 1.807) is 0 Å². The first kappa shape index (κ1) is 13.3. The summed E-state index contributed by atoms with van der Waals surface area (Å²) in [5, 5.41) is 0.196. The molecule has 18 heavy (non-hydrogen) atoms. The van der Waals surface area contributed by atoms with Gasteiger partial charge in [-0.1, -0.05) is 13.3 Å². The van der Waals surface area contributed by atoms with E-state index >= 15 is 0 Å². The number of rotatable bonds is 4. The second-order valence-corrected chi connectivity index (χ2v) is 4.82. The third-order valence-electron chi connectivity index (χ3n) is 3.23. The summed E-state index contributed by atoms with van der Waals surface area (Å²) in [4.78, 5) is 14.6. The van der Waals surface area contributed by atoms with Crippen molar-refractivity contribution in [1.29, 1.82) is 0 Å². The third kappa shape index (κ3) is 3.22. The van der Waals surface area contributed by atoms with Crippen LogP contribution in [-0.2, 0) is 0 Å². The van der Waals surface area contributed by atoms with E-state index < -0.39 is 0 Å². The highest BCUT2D eigenvalue weighted by Gasteiger charge is 2.21. The Morgan fingerprint density at radius 1 is 1.33 bits per heavy atom.